The van der Waals surface area contributed by atoms with Crippen LogP contribution >= 0.6 is 23.2 Å². The lowest BCUT2D eigenvalue weighted by molar-refractivity contribution is -0.123. The number of hydrogen-bond donors (Lipinski definition) is 1. The third-order valence-electron chi connectivity index (χ3n) is 2.27. The van der Waals surface area contributed by atoms with E-state index in [1.54, 1.807) is 6.08 Å². The van der Waals surface area contributed by atoms with E-state index in [-0.39, 0.29) is 17.6 Å². The van der Waals surface area contributed by atoms with Gasteiger partial charge >= 0.3 is 0 Å². The van der Waals surface area contributed by atoms with Crippen molar-refractivity contribution in [3.05, 3.63) is 12.2 Å². The summed E-state index contributed by atoms with van der Waals surface area (Å²) < 4.78 is -0.915. The number of ketones is 1. The van der Waals surface area contributed by atoms with Crippen LogP contribution in [0.25, 0.3) is 0 Å². The van der Waals surface area contributed by atoms with Crippen molar-refractivity contribution < 1.29 is 9.90 Å². The number of allylic oxidation sites excluding steroid dienone is 1. The maximum absolute atomic E-state index is 10.9. The van der Waals surface area contributed by atoms with Crippen LogP contribution in [0.3, 0.4) is 0 Å². The van der Waals surface area contributed by atoms with Crippen molar-refractivity contribution in [3.63, 3.8) is 0 Å². The minimum atomic E-state index is -1.00. The zero-order chi connectivity index (χ0) is 8.22. The van der Waals surface area contributed by atoms with Gasteiger partial charge in [-0.2, -0.15) is 0 Å². The highest BCUT2D eigenvalue weighted by Gasteiger charge is 2.67. The van der Waals surface area contributed by atoms with E-state index in [4.69, 9.17) is 23.2 Å². The molecule has 3 atom stereocenters. The van der Waals surface area contributed by atoms with Crippen LogP contribution in [0.1, 0.15) is 0 Å². The van der Waals surface area contributed by atoms with Crippen LogP contribution in [0, 0.1) is 11.8 Å². The van der Waals surface area contributed by atoms with Gasteiger partial charge in [0.25, 0.3) is 0 Å². The van der Waals surface area contributed by atoms with Crippen LogP contribution in [-0.4, -0.2) is 21.3 Å². The maximum atomic E-state index is 10.9. The Balaban J connectivity index is 2.30. The van der Waals surface area contributed by atoms with Gasteiger partial charge in [0.05, 0.1) is 0 Å². The lowest BCUT2D eigenvalue weighted by atomic mass is 10.0. The molecule has 0 aliphatic heterocycles. The van der Waals surface area contributed by atoms with Crippen molar-refractivity contribution in [2.75, 3.05) is 0 Å². The summed E-state index contributed by atoms with van der Waals surface area (Å²) in [6.45, 7) is 0. The Bertz CT molecular complexity index is 245. The molecule has 4 heteroatoms. The van der Waals surface area contributed by atoms with Crippen molar-refractivity contribution in [3.8, 4) is 0 Å². The topological polar surface area (TPSA) is 37.3 Å². The van der Waals surface area contributed by atoms with Crippen LogP contribution in [-0.2, 0) is 4.79 Å². The van der Waals surface area contributed by atoms with Gasteiger partial charge in [-0.1, -0.05) is 6.08 Å². The van der Waals surface area contributed by atoms with Gasteiger partial charge in [-0.3, -0.25) is 4.79 Å². The molecule has 1 saturated carbocycles. The summed E-state index contributed by atoms with van der Waals surface area (Å²) in [4.78, 5) is 10.9. The number of carbonyl (C=O) groups is 1. The number of alkyl halides is 2. The third kappa shape index (κ3) is 0.866. The van der Waals surface area contributed by atoms with Crippen molar-refractivity contribution in [2.45, 2.75) is 10.4 Å². The number of hydrogen-bond acceptors (Lipinski definition) is 2. The number of rotatable bonds is 0. The number of aliphatic hydroxyl groups excluding tert-OH is 1. The SMILES string of the molecule is O=C1C=C[C@@H]2[C@H]([C@@H]1O)C2(Cl)Cl. The Morgan fingerprint density at radius 2 is 2.18 bits per heavy atom. The molecule has 1 N–H and O–H groups in total. The lowest BCUT2D eigenvalue weighted by Gasteiger charge is -2.07. The van der Waals surface area contributed by atoms with E-state index >= 15 is 0 Å². The van der Waals surface area contributed by atoms with Crippen LogP contribution in [0.5, 0.6) is 0 Å². The molecule has 0 unspecified atom stereocenters. The molecule has 0 saturated heterocycles. The normalized spacial score (nSPS) is 45.4. The number of aliphatic hydroxyl groups is 1. The van der Waals surface area contributed by atoms with Crippen molar-refractivity contribution >= 4 is 29.0 Å². The molecule has 0 heterocycles. The van der Waals surface area contributed by atoms with Crippen molar-refractivity contribution in [1.82, 2.24) is 0 Å². The minimum absolute atomic E-state index is 0.0430. The monoisotopic (exact) mass is 192 g/mol. The third-order valence-corrected chi connectivity index (χ3v) is 3.27. The van der Waals surface area contributed by atoms with Gasteiger partial charge in [-0.15, -0.1) is 23.2 Å². The highest BCUT2D eigenvalue weighted by Crippen LogP contribution is 2.62. The van der Waals surface area contributed by atoms with E-state index < -0.39 is 10.4 Å². The Labute approximate surface area is 73.8 Å². The molecule has 0 radical (unpaired) electrons. The van der Waals surface area contributed by atoms with Crippen LogP contribution in [0.15, 0.2) is 12.2 Å². The average Bonchev–Trinajstić information content (AvgIpc) is 2.46. The zero-order valence-electron chi connectivity index (χ0n) is 5.50. The quantitative estimate of drug-likeness (QED) is 0.580. The minimum Gasteiger partial charge on any atom is -0.385 e. The number of carbonyl (C=O) groups excluding carboxylic acids is 1. The number of halogens is 2. The Morgan fingerprint density at radius 1 is 1.55 bits per heavy atom. The molecular formula is C7H6Cl2O2. The highest BCUT2D eigenvalue weighted by molar-refractivity contribution is 6.51. The molecule has 0 amide bonds. The smallest absolute Gasteiger partial charge is 0.184 e. The maximum Gasteiger partial charge on any atom is 0.184 e. The predicted molar refractivity (Wildman–Crippen MR) is 41.6 cm³/mol. The Kier molecular flexibility index (Phi) is 1.38. The van der Waals surface area contributed by atoms with Crippen LogP contribution in [0.4, 0.5) is 0 Å². The number of fused-ring (bicyclic) bond motifs is 1. The fourth-order valence-corrected chi connectivity index (χ4v) is 2.31. The summed E-state index contributed by atoms with van der Waals surface area (Å²) in [5.74, 6) is -0.628. The molecule has 2 nitrogen and oxygen atoms in total. The molecule has 60 valence electrons. The second kappa shape index (κ2) is 2.00. The fraction of sp³-hybridized carbons (Fsp3) is 0.571. The standard InChI is InChI=1S/C7H6Cl2O2/c8-7(9)3-1-2-4(10)6(11)5(3)7/h1-3,5-6,11H/t3-,5-,6-/m1/s1. The molecule has 2 aliphatic carbocycles. The van der Waals surface area contributed by atoms with E-state index in [2.05, 4.69) is 0 Å². The molecule has 0 bridgehead atoms. The Morgan fingerprint density at radius 3 is 2.73 bits per heavy atom. The molecule has 0 aromatic heterocycles. The van der Waals surface area contributed by atoms with E-state index in [9.17, 15) is 9.90 Å². The molecule has 1 fully saturated rings. The summed E-state index contributed by atoms with van der Waals surface area (Å²) in [6, 6.07) is 0. The van der Waals surface area contributed by atoms with E-state index in [1.807, 2.05) is 0 Å². The molecule has 0 aromatic carbocycles. The summed E-state index contributed by atoms with van der Waals surface area (Å²) in [5, 5.41) is 9.25. The second-order valence-electron chi connectivity index (χ2n) is 2.93. The lowest BCUT2D eigenvalue weighted by Crippen LogP contribution is -2.24. The highest BCUT2D eigenvalue weighted by atomic mass is 35.5. The summed E-state index contributed by atoms with van der Waals surface area (Å²) >= 11 is 11.6. The van der Waals surface area contributed by atoms with Gasteiger partial charge in [0.2, 0.25) is 0 Å². The predicted octanol–water partition coefficient (Wildman–Crippen LogP) is 0.906. The molecule has 0 spiro atoms. The first-order valence-electron chi connectivity index (χ1n) is 3.33. The van der Waals surface area contributed by atoms with Crippen LogP contribution in [0.2, 0.25) is 0 Å². The second-order valence-corrected chi connectivity index (χ2v) is 4.38. The summed E-state index contributed by atoms with van der Waals surface area (Å²) in [5.41, 5.74) is 0. The van der Waals surface area contributed by atoms with Gasteiger partial charge in [0.15, 0.2) is 5.78 Å². The Hall–Kier alpha value is -0.0500. The molecular weight excluding hydrogens is 187 g/mol. The first kappa shape index (κ1) is 7.59. The van der Waals surface area contributed by atoms with E-state index in [1.165, 1.54) is 6.08 Å². The zero-order valence-corrected chi connectivity index (χ0v) is 7.01. The van der Waals surface area contributed by atoms with Gasteiger partial charge in [-0.05, 0) is 6.08 Å². The van der Waals surface area contributed by atoms with E-state index in [0.717, 1.165) is 0 Å². The van der Waals surface area contributed by atoms with Gasteiger partial charge < -0.3 is 5.11 Å². The summed E-state index contributed by atoms with van der Waals surface area (Å²) in [7, 11) is 0. The molecule has 2 aliphatic rings. The fourth-order valence-electron chi connectivity index (χ4n) is 1.50. The average molecular weight is 193 g/mol. The van der Waals surface area contributed by atoms with Crippen LogP contribution < -0.4 is 0 Å². The largest absolute Gasteiger partial charge is 0.385 e. The molecule has 2 rings (SSSR count). The van der Waals surface area contributed by atoms with Gasteiger partial charge in [0, 0.05) is 11.8 Å². The summed E-state index contributed by atoms with van der Waals surface area (Å²) in [6.07, 6.45) is 2.01. The first-order chi connectivity index (χ1) is 5.05. The molecule has 11 heavy (non-hydrogen) atoms. The first-order valence-corrected chi connectivity index (χ1v) is 4.08. The van der Waals surface area contributed by atoms with Gasteiger partial charge in [-0.25, -0.2) is 0 Å². The van der Waals surface area contributed by atoms with Crippen molar-refractivity contribution in [1.29, 1.82) is 0 Å². The van der Waals surface area contributed by atoms with Crippen molar-refractivity contribution in [2.24, 2.45) is 11.8 Å². The van der Waals surface area contributed by atoms with Gasteiger partial charge in [0.1, 0.15) is 10.4 Å². The van der Waals surface area contributed by atoms with E-state index in [0.29, 0.717) is 0 Å². The molecule has 0 aromatic rings.